The second kappa shape index (κ2) is 4.43. The Morgan fingerprint density at radius 2 is 2.06 bits per heavy atom. The van der Waals surface area contributed by atoms with Crippen LogP contribution in [0.15, 0.2) is 30.3 Å². The molecule has 1 aromatic carbocycles. The average molecular weight is 231 g/mol. The molecule has 0 amide bonds. The van der Waals surface area contributed by atoms with E-state index in [9.17, 15) is 0 Å². The lowest BCUT2D eigenvalue weighted by Crippen LogP contribution is -2.37. The molecule has 2 N–H and O–H groups in total. The van der Waals surface area contributed by atoms with Crippen LogP contribution in [0.1, 0.15) is 37.7 Å². The highest BCUT2D eigenvalue weighted by Crippen LogP contribution is 2.51. The van der Waals surface area contributed by atoms with Crippen molar-refractivity contribution in [1.29, 1.82) is 0 Å². The van der Waals surface area contributed by atoms with E-state index in [4.69, 9.17) is 10.5 Å². The Bertz CT molecular complexity index is 366. The third kappa shape index (κ3) is 2.12. The standard InChI is InChI=1S/C15H21NO/c16-14(11-13-7-4-10-17-13)15(8-9-15)12-5-2-1-3-6-12/h1-3,5-6,13-14H,4,7-11,16H2. The van der Waals surface area contributed by atoms with Gasteiger partial charge in [0.05, 0.1) is 6.10 Å². The normalized spacial score (nSPS) is 27.9. The Kier molecular flexibility index (Phi) is 2.93. The van der Waals surface area contributed by atoms with E-state index in [0.717, 1.165) is 13.0 Å². The fourth-order valence-corrected chi connectivity index (χ4v) is 3.12. The molecule has 2 nitrogen and oxygen atoms in total. The molecular formula is C15H21NO. The molecule has 0 spiro atoms. The van der Waals surface area contributed by atoms with Gasteiger partial charge in [-0.2, -0.15) is 0 Å². The summed E-state index contributed by atoms with van der Waals surface area (Å²) in [5, 5.41) is 0. The van der Waals surface area contributed by atoms with Gasteiger partial charge in [-0.3, -0.25) is 0 Å². The summed E-state index contributed by atoms with van der Waals surface area (Å²) in [4.78, 5) is 0. The molecule has 2 fully saturated rings. The first-order valence-corrected chi connectivity index (χ1v) is 6.74. The van der Waals surface area contributed by atoms with Crippen LogP contribution in [0.5, 0.6) is 0 Å². The van der Waals surface area contributed by atoms with Crippen LogP contribution in [-0.4, -0.2) is 18.8 Å². The van der Waals surface area contributed by atoms with Gasteiger partial charge in [-0.25, -0.2) is 0 Å². The van der Waals surface area contributed by atoms with Crippen molar-refractivity contribution in [2.24, 2.45) is 5.73 Å². The van der Waals surface area contributed by atoms with E-state index in [-0.39, 0.29) is 11.5 Å². The van der Waals surface area contributed by atoms with Gasteiger partial charge in [0.15, 0.2) is 0 Å². The highest BCUT2D eigenvalue weighted by molar-refractivity contribution is 5.33. The van der Waals surface area contributed by atoms with Crippen molar-refractivity contribution in [2.45, 2.75) is 49.7 Å². The molecule has 17 heavy (non-hydrogen) atoms. The first-order chi connectivity index (χ1) is 8.31. The molecule has 0 bridgehead atoms. The summed E-state index contributed by atoms with van der Waals surface area (Å²) in [7, 11) is 0. The molecule has 2 atom stereocenters. The number of hydrogen-bond donors (Lipinski definition) is 1. The minimum atomic E-state index is 0.257. The zero-order chi connectivity index (χ0) is 11.7. The molecule has 1 aliphatic heterocycles. The van der Waals surface area contributed by atoms with Crippen molar-refractivity contribution in [3.05, 3.63) is 35.9 Å². The van der Waals surface area contributed by atoms with Gasteiger partial charge in [-0.1, -0.05) is 30.3 Å². The third-order valence-corrected chi connectivity index (χ3v) is 4.39. The summed E-state index contributed by atoms with van der Waals surface area (Å²) in [6.07, 6.45) is 6.31. The van der Waals surface area contributed by atoms with E-state index < -0.39 is 0 Å². The SMILES string of the molecule is NC(CC1CCCO1)C1(c2ccccc2)CC1. The van der Waals surface area contributed by atoms with Crippen LogP contribution in [-0.2, 0) is 10.2 Å². The summed E-state index contributed by atoms with van der Waals surface area (Å²) in [5.41, 5.74) is 8.12. The van der Waals surface area contributed by atoms with Crippen LogP contribution in [0.2, 0.25) is 0 Å². The summed E-state index contributed by atoms with van der Waals surface area (Å²) in [5.74, 6) is 0. The summed E-state index contributed by atoms with van der Waals surface area (Å²) >= 11 is 0. The predicted octanol–water partition coefficient (Wildman–Crippen LogP) is 2.61. The Morgan fingerprint density at radius 1 is 1.29 bits per heavy atom. The van der Waals surface area contributed by atoms with Crippen LogP contribution in [0, 0.1) is 0 Å². The zero-order valence-corrected chi connectivity index (χ0v) is 10.3. The maximum Gasteiger partial charge on any atom is 0.0591 e. The Hall–Kier alpha value is -0.860. The summed E-state index contributed by atoms with van der Waals surface area (Å²) < 4.78 is 5.70. The highest BCUT2D eigenvalue weighted by Gasteiger charge is 2.49. The summed E-state index contributed by atoms with van der Waals surface area (Å²) in [6, 6.07) is 11.0. The van der Waals surface area contributed by atoms with Crippen LogP contribution >= 0.6 is 0 Å². The second-order valence-electron chi connectivity index (χ2n) is 5.50. The Morgan fingerprint density at radius 3 is 2.65 bits per heavy atom. The van der Waals surface area contributed by atoms with Crippen LogP contribution in [0.3, 0.4) is 0 Å². The molecule has 2 heteroatoms. The van der Waals surface area contributed by atoms with Crippen LogP contribution < -0.4 is 5.73 Å². The second-order valence-corrected chi connectivity index (χ2v) is 5.50. The molecule has 1 saturated carbocycles. The quantitative estimate of drug-likeness (QED) is 0.864. The number of hydrogen-bond acceptors (Lipinski definition) is 2. The fourth-order valence-electron chi connectivity index (χ4n) is 3.12. The van der Waals surface area contributed by atoms with Crippen LogP contribution in [0.4, 0.5) is 0 Å². The summed E-state index contributed by atoms with van der Waals surface area (Å²) in [6.45, 7) is 0.926. The van der Waals surface area contributed by atoms with E-state index in [1.165, 1.54) is 31.2 Å². The maximum absolute atomic E-state index is 6.45. The molecule has 92 valence electrons. The van der Waals surface area contributed by atoms with E-state index in [1.54, 1.807) is 0 Å². The van der Waals surface area contributed by atoms with Gasteiger partial charge < -0.3 is 10.5 Å². The van der Waals surface area contributed by atoms with Crippen molar-refractivity contribution in [1.82, 2.24) is 0 Å². The Balaban J connectivity index is 1.70. The molecule has 1 saturated heterocycles. The van der Waals surface area contributed by atoms with Gasteiger partial charge in [0.2, 0.25) is 0 Å². The van der Waals surface area contributed by atoms with Gasteiger partial charge in [0.1, 0.15) is 0 Å². The van der Waals surface area contributed by atoms with Crippen molar-refractivity contribution in [3.8, 4) is 0 Å². The third-order valence-electron chi connectivity index (χ3n) is 4.39. The minimum Gasteiger partial charge on any atom is -0.378 e. The van der Waals surface area contributed by atoms with Crippen molar-refractivity contribution >= 4 is 0 Å². The molecule has 0 aromatic heterocycles. The molecule has 1 heterocycles. The number of rotatable bonds is 4. The van der Waals surface area contributed by atoms with E-state index in [2.05, 4.69) is 30.3 Å². The lowest BCUT2D eigenvalue weighted by atomic mass is 9.85. The zero-order valence-electron chi connectivity index (χ0n) is 10.3. The minimum absolute atomic E-state index is 0.257. The largest absolute Gasteiger partial charge is 0.378 e. The molecule has 2 aliphatic rings. The van der Waals surface area contributed by atoms with Crippen molar-refractivity contribution < 1.29 is 4.74 Å². The predicted molar refractivity (Wildman–Crippen MR) is 68.9 cm³/mol. The van der Waals surface area contributed by atoms with Gasteiger partial charge in [-0.05, 0) is 37.7 Å². The highest BCUT2D eigenvalue weighted by atomic mass is 16.5. The number of nitrogens with two attached hydrogens (primary N) is 1. The van der Waals surface area contributed by atoms with Crippen LogP contribution in [0.25, 0.3) is 0 Å². The smallest absolute Gasteiger partial charge is 0.0591 e. The first kappa shape index (κ1) is 11.2. The molecule has 3 rings (SSSR count). The fraction of sp³-hybridized carbons (Fsp3) is 0.600. The molecule has 1 aromatic rings. The monoisotopic (exact) mass is 231 g/mol. The lowest BCUT2D eigenvalue weighted by Gasteiger charge is -2.26. The van der Waals surface area contributed by atoms with E-state index >= 15 is 0 Å². The molecule has 0 radical (unpaired) electrons. The van der Waals surface area contributed by atoms with Crippen molar-refractivity contribution in [3.63, 3.8) is 0 Å². The van der Waals surface area contributed by atoms with E-state index in [0.29, 0.717) is 6.10 Å². The Labute approximate surface area is 103 Å². The average Bonchev–Trinajstić information content (AvgIpc) is 3.04. The number of benzene rings is 1. The molecule has 2 unspecified atom stereocenters. The maximum atomic E-state index is 6.45. The van der Waals surface area contributed by atoms with Gasteiger partial charge >= 0.3 is 0 Å². The topological polar surface area (TPSA) is 35.2 Å². The molecule has 1 aliphatic carbocycles. The van der Waals surface area contributed by atoms with Gasteiger partial charge in [-0.15, -0.1) is 0 Å². The van der Waals surface area contributed by atoms with Crippen molar-refractivity contribution in [2.75, 3.05) is 6.61 Å². The number of ether oxygens (including phenoxy) is 1. The van der Waals surface area contributed by atoms with E-state index in [1.807, 2.05) is 0 Å². The molecular weight excluding hydrogens is 210 g/mol. The first-order valence-electron chi connectivity index (χ1n) is 6.74. The van der Waals surface area contributed by atoms with Gasteiger partial charge in [0.25, 0.3) is 0 Å². The lowest BCUT2D eigenvalue weighted by molar-refractivity contribution is 0.0946. The van der Waals surface area contributed by atoms with Gasteiger partial charge in [0, 0.05) is 18.1 Å².